The van der Waals surface area contributed by atoms with Crippen LogP contribution >= 0.6 is 0 Å². The molecule has 0 radical (unpaired) electrons. The molecule has 2 heterocycles. The molecule has 1 aliphatic rings. The van der Waals surface area contributed by atoms with Crippen LogP contribution in [0.4, 0.5) is 23.2 Å². The van der Waals surface area contributed by atoms with E-state index < -0.39 is 42.3 Å². The molecule has 4 rings (SSSR count). The van der Waals surface area contributed by atoms with Crippen molar-refractivity contribution in [1.29, 1.82) is 5.26 Å². The first-order valence-electron chi connectivity index (χ1n) is 11.6. The van der Waals surface area contributed by atoms with Crippen molar-refractivity contribution in [2.75, 3.05) is 11.9 Å². The number of carbonyl (C=O) groups excluding carboxylic acids is 2. The molecular weight excluding hydrogens is 504 g/mol. The normalized spacial score (nSPS) is 17.1. The molecule has 0 fully saturated rings. The van der Waals surface area contributed by atoms with Gasteiger partial charge in [0.15, 0.2) is 0 Å². The monoisotopic (exact) mass is 526 g/mol. The predicted molar refractivity (Wildman–Crippen MR) is 129 cm³/mol. The SMILES string of the molecule is CC(C)Oc1ccc(C2[C@@H](C(=O)Nc3ccc(F)c(C#N)c3)c3ccccc3C(=O)N2CC(F)(F)F)cn1. The molecule has 0 saturated heterocycles. The number of nitrogens with one attached hydrogen (secondary N) is 1. The minimum Gasteiger partial charge on any atom is -0.475 e. The van der Waals surface area contributed by atoms with E-state index in [1.807, 2.05) is 0 Å². The number of halogens is 4. The minimum absolute atomic E-state index is 0.0438. The second kappa shape index (κ2) is 10.5. The van der Waals surface area contributed by atoms with Crippen LogP contribution in [0.1, 0.15) is 52.9 Å². The summed E-state index contributed by atoms with van der Waals surface area (Å²) in [4.78, 5) is 31.8. The molecule has 196 valence electrons. The molecule has 7 nitrogen and oxygen atoms in total. The van der Waals surface area contributed by atoms with Gasteiger partial charge in [0.1, 0.15) is 18.4 Å². The van der Waals surface area contributed by atoms with Crippen LogP contribution < -0.4 is 10.1 Å². The number of amides is 2. The van der Waals surface area contributed by atoms with E-state index in [9.17, 15) is 27.2 Å². The Morgan fingerprint density at radius 3 is 2.55 bits per heavy atom. The molecule has 1 aromatic heterocycles. The van der Waals surface area contributed by atoms with E-state index in [-0.39, 0.29) is 39.9 Å². The lowest BCUT2D eigenvalue weighted by Gasteiger charge is -2.41. The molecule has 0 spiro atoms. The van der Waals surface area contributed by atoms with Gasteiger partial charge in [0, 0.05) is 23.5 Å². The molecule has 0 aliphatic carbocycles. The number of benzene rings is 2. The maximum atomic E-state index is 13.8. The molecule has 38 heavy (non-hydrogen) atoms. The molecule has 0 saturated carbocycles. The maximum absolute atomic E-state index is 13.8. The van der Waals surface area contributed by atoms with E-state index in [1.54, 1.807) is 26.0 Å². The fourth-order valence-electron chi connectivity index (χ4n) is 4.40. The van der Waals surface area contributed by atoms with Gasteiger partial charge >= 0.3 is 6.18 Å². The highest BCUT2D eigenvalue weighted by Crippen LogP contribution is 2.44. The number of alkyl halides is 3. The largest absolute Gasteiger partial charge is 0.475 e. The number of hydrogen-bond donors (Lipinski definition) is 1. The van der Waals surface area contributed by atoms with Gasteiger partial charge in [-0.05, 0) is 49.2 Å². The fraction of sp³-hybridized carbons (Fsp3) is 0.259. The summed E-state index contributed by atoms with van der Waals surface area (Å²) in [5.74, 6) is -3.49. The van der Waals surface area contributed by atoms with E-state index >= 15 is 0 Å². The zero-order valence-corrected chi connectivity index (χ0v) is 20.3. The summed E-state index contributed by atoms with van der Waals surface area (Å²) in [6, 6.07) is 12.5. The first kappa shape index (κ1) is 26.6. The van der Waals surface area contributed by atoms with Crippen molar-refractivity contribution in [1.82, 2.24) is 9.88 Å². The second-order valence-corrected chi connectivity index (χ2v) is 8.95. The summed E-state index contributed by atoms with van der Waals surface area (Å²) < 4.78 is 60.4. The van der Waals surface area contributed by atoms with Crippen LogP contribution in [0.25, 0.3) is 0 Å². The predicted octanol–water partition coefficient (Wildman–Crippen LogP) is 5.36. The van der Waals surface area contributed by atoms with E-state index in [0.717, 1.165) is 12.1 Å². The van der Waals surface area contributed by atoms with Crippen LogP contribution in [0.15, 0.2) is 60.8 Å². The number of ether oxygens (including phenoxy) is 1. The van der Waals surface area contributed by atoms with Gasteiger partial charge in [0.05, 0.1) is 23.6 Å². The summed E-state index contributed by atoms with van der Waals surface area (Å²) >= 11 is 0. The summed E-state index contributed by atoms with van der Waals surface area (Å²) in [5.41, 5.74) is 0.121. The third-order valence-electron chi connectivity index (χ3n) is 5.88. The van der Waals surface area contributed by atoms with Gasteiger partial charge in [-0.1, -0.05) is 24.3 Å². The number of hydrogen-bond acceptors (Lipinski definition) is 5. The molecule has 11 heteroatoms. The van der Waals surface area contributed by atoms with Crippen LogP contribution in [0.2, 0.25) is 0 Å². The van der Waals surface area contributed by atoms with E-state index in [4.69, 9.17) is 10.00 Å². The zero-order valence-electron chi connectivity index (χ0n) is 20.3. The summed E-state index contributed by atoms with van der Waals surface area (Å²) in [6.45, 7) is 1.96. The van der Waals surface area contributed by atoms with Crippen LogP contribution in [-0.4, -0.2) is 40.5 Å². The lowest BCUT2D eigenvalue weighted by Crippen LogP contribution is -2.49. The number of carbonyl (C=O) groups is 2. The number of fused-ring (bicyclic) bond motifs is 1. The van der Waals surface area contributed by atoms with Crippen molar-refractivity contribution < 1.29 is 31.9 Å². The molecule has 2 atom stereocenters. The van der Waals surface area contributed by atoms with Gasteiger partial charge in [0.25, 0.3) is 5.91 Å². The Morgan fingerprint density at radius 2 is 1.92 bits per heavy atom. The highest BCUT2D eigenvalue weighted by atomic mass is 19.4. The number of nitriles is 1. The molecule has 1 unspecified atom stereocenters. The Bertz CT molecular complexity index is 1400. The topological polar surface area (TPSA) is 95.3 Å². The Hall–Kier alpha value is -4.46. The lowest BCUT2D eigenvalue weighted by atomic mass is 9.79. The molecule has 2 amide bonds. The average Bonchev–Trinajstić information content (AvgIpc) is 2.86. The number of rotatable bonds is 6. The summed E-state index contributed by atoms with van der Waals surface area (Å²) in [5, 5.41) is 11.7. The quantitative estimate of drug-likeness (QED) is 0.437. The maximum Gasteiger partial charge on any atom is 0.406 e. The second-order valence-electron chi connectivity index (χ2n) is 8.95. The first-order valence-corrected chi connectivity index (χ1v) is 11.6. The third kappa shape index (κ3) is 5.59. The van der Waals surface area contributed by atoms with Gasteiger partial charge in [-0.3, -0.25) is 9.59 Å². The van der Waals surface area contributed by atoms with Crippen molar-refractivity contribution in [2.24, 2.45) is 0 Å². The van der Waals surface area contributed by atoms with Gasteiger partial charge < -0.3 is 15.0 Å². The summed E-state index contributed by atoms with van der Waals surface area (Å²) in [7, 11) is 0. The van der Waals surface area contributed by atoms with Gasteiger partial charge in [-0.25, -0.2) is 9.37 Å². The Morgan fingerprint density at radius 1 is 1.18 bits per heavy atom. The van der Waals surface area contributed by atoms with Crippen molar-refractivity contribution in [3.63, 3.8) is 0 Å². The molecule has 1 aliphatic heterocycles. The average molecular weight is 526 g/mol. The van der Waals surface area contributed by atoms with Gasteiger partial charge in [-0.2, -0.15) is 18.4 Å². The third-order valence-corrected chi connectivity index (χ3v) is 5.88. The standard InChI is InChI=1S/C27H22F4N4O3/c1-15(2)38-22-10-7-16(13-33-22)24-23(25(36)34-18-8-9-21(28)17(11-18)12-32)19-5-3-4-6-20(19)26(37)35(24)14-27(29,30)31/h3-11,13,15,23-24H,14H2,1-2H3,(H,34,36)/t23-,24?/m0/s1. The molecule has 0 bridgehead atoms. The van der Waals surface area contributed by atoms with Crippen molar-refractivity contribution >= 4 is 17.5 Å². The summed E-state index contributed by atoms with van der Waals surface area (Å²) in [6.07, 6.45) is -3.68. The molecule has 2 aromatic carbocycles. The first-order chi connectivity index (χ1) is 18.0. The Labute approximate surface area is 215 Å². The lowest BCUT2D eigenvalue weighted by molar-refractivity contribution is -0.148. The van der Waals surface area contributed by atoms with Gasteiger partial charge in [-0.15, -0.1) is 0 Å². The highest BCUT2D eigenvalue weighted by Gasteiger charge is 2.48. The number of nitrogens with zero attached hydrogens (tertiary/aromatic N) is 3. The van der Waals surface area contributed by atoms with Crippen LogP contribution in [0.5, 0.6) is 5.88 Å². The molecule has 1 N–H and O–H groups in total. The van der Waals surface area contributed by atoms with Crippen LogP contribution in [0.3, 0.4) is 0 Å². The highest BCUT2D eigenvalue weighted by molar-refractivity contribution is 6.04. The van der Waals surface area contributed by atoms with Crippen LogP contribution in [0, 0.1) is 17.1 Å². The fourth-order valence-corrected chi connectivity index (χ4v) is 4.40. The molecule has 3 aromatic rings. The number of pyridine rings is 1. The molecular formula is C27H22F4N4O3. The van der Waals surface area contributed by atoms with Crippen molar-refractivity contribution in [3.05, 3.63) is 88.9 Å². The van der Waals surface area contributed by atoms with E-state index in [2.05, 4.69) is 10.3 Å². The number of anilines is 1. The smallest absolute Gasteiger partial charge is 0.406 e. The Kier molecular flexibility index (Phi) is 7.35. The van der Waals surface area contributed by atoms with Crippen LogP contribution in [-0.2, 0) is 4.79 Å². The zero-order chi connectivity index (χ0) is 27.6. The van der Waals surface area contributed by atoms with E-state index in [0.29, 0.717) is 4.90 Å². The van der Waals surface area contributed by atoms with E-state index in [1.165, 1.54) is 42.6 Å². The van der Waals surface area contributed by atoms with Crippen molar-refractivity contribution in [2.45, 2.75) is 38.1 Å². The number of aromatic nitrogens is 1. The van der Waals surface area contributed by atoms with Gasteiger partial charge in [0.2, 0.25) is 11.8 Å². The Balaban J connectivity index is 1.83. The minimum atomic E-state index is -4.76. The van der Waals surface area contributed by atoms with Crippen molar-refractivity contribution in [3.8, 4) is 11.9 Å².